The van der Waals surface area contributed by atoms with E-state index in [-0.39, 0.29) is 29.9 Å². The number of amides is 2. The molecule has 0 N–H and O–H groups in total. The molecule has 3 aromatic rings. The number of fused-ring (bicyclic) bond motifs is 2. The highest BCUT2D eigenvalue weighted by Gasteiger charge is 2.61. The van der Waals surface area contributed by atoms with Gasteiger partial charge in [-0.15, -0.1) is 11.8 Å². The molecule has 1 saturated heterocycles. The van der Waals surface area contributed by atoms with Gasteiger partial charge in [-0.25, -0.2) is 4.39 Å². The number of nitrogens with zero attached hydrogens (tertiary/aromatic N) is 2. The van der Waals surface area contributed by atoms with Crippen LogP contribution < -0.4 is 19.3 Å². The number of anilines is 2. The fourth-order valence-corrected chi connectivity index (χ4v) is 5.85. The molecule has 2 amide bonds. The van der Waals surface area contributed by atoms with Crippen LogP contribution in [-0.2, 0) is 21.0 Å². The van der Waals surface area contributed by atoms with Gasteiger partial charge in [-0.05, 0) is 35.9 Å². The lowest BCUT2D eigenvalue weighted by Crippen LogP contribution is -2.49. The summed E-state index contributed by atoms with van der Waals surface area (Å²) in [6.07, 6.45) is 0. The van der Waals surface area contributed by atoms with E-state index < -0.39 is 4.87 Å². The standard InChI is InChI=1S/C25H21FN2O4S/c1-31-21-11-10-18(13-22(21)32-2)28-23(29)15-33-25(28)19-8-3-4-9-20(19)27(24(25)30)14-16-6-5-7-17(26)12-16/h3-13H,14-15H2,1-2H3/t25-/m1/s1. The minimum absolute atomic E-state index is 0.155. The second-order valence-electron chi connectivity index (χ2n) is 7.74. The molecule has 0 unspecified atom stereocenters. The van der Waals surface area contributed by atoms with E-state index in [2.05, 4.69) is 0 Å². The molecule has 2 aliphatic rings. The fourth-order valence-electron chi connectivity index (χ4n) is 4.49. The first-order valence-electron chi connectivity index (χ1n) is 10.3. The Morgan fingerprint density at radius 2 is 1.76 bits per heavy atom. The van der Waals surface area contributed by atoms with Crippen LogP contribution in [0.25, 0.3) is 0 Å². The zero-order chi connectivity index (χ0) is 23.2. The quantitative estimate of drug-likeness (QED) is 0.563. The number of hydrogen-bond donors (Lipinski definition) is 0. The second kappa shape index (κ2) is 8.12. The predicted octanol–water partition coefficient (Wildman–Crippen LogP) is 4.32. The monoisotopic (exact) mass is 464 g/mol. The van der Waals surface area contributed by atoms with E-state index in [1.807, 2.05) is 24.3 Å². The number of benzene rings is 3. The summed E-state index contributed by atoms with van der Waals surface area (Å²) in [4.78, 5) is 29.1. The molecular formula is C25H21FN2O4S. The molecule has 168 valence electrons. The molecule has 0 aromatic heterocycles. The summed E-state index contributed by atoms with van der Waals surface area (Å²) in [6, 6.07) is 18.8. The Bertz CT molecular complexity index is 1270. The molecule has 0 aliphatic carbocycles. The molecule has 2 heterocycles. The fraction of sp³-hybridized carbons (Fsp3) is 0.200. The van der Waals surface area contributed by atoms with Gasteiger partial charge in [0.05, 0.1) is 32.2 Å². The van der Waals surface area contributed by atoms with Crippen LogP contribution in [0.15, 0.2) is 66.7 Å². The Balaban J connectivity index is 1.63. The van der Waals surface area contributed by atoms with Crippen LogP contribution >= 0.6 is 11.8 Å². The van der Waals surface area contributed by atoms with Crippen molar-refractivity contribution >= 4 is 35.0 Å². The van der Waals surface area contributed by atoms with Crippen molar-refractivity contribution < 1.29 is 23.5 Å². The molecule has 6 nitrogen and oxygen atoms in total. The summed E-state index contributed by atoms with van der Waals surface area (Å²) in [5.41, 5.74) is 2.65. The van der Waals surface area contributed by atoms with Gasteiger partial charge in [0.1, 0.15) is 5.82 Å². The van der Waals surface area contributed by atoms with E-state index in [4.69, 9.17) is 9.47 Å². The third-order valence-corrected chi connectivity index (χ3v) is 7.30. The average molecular weight is 465 g/mol. The van der Waals surface area contributed by atoms with Crippen LogP contribution in [0.5, 0.6) is 11.5 Å². The molecule has 1 spiro atoms. The maximum Gasteiger partial charge on any atom is 0.269 e. The van der Waals surface area contributed by atoms with E-state index >= 15 is 0 Å². The lowest BCUT2D eigenvalue weighted by Gasteiger charge is -2.33. The third kappa shape index (κ3) is 3.24. The summed E-state index contributed by atoms with van der Waals surface area (Å²) < 4.78 is 24.6. The Morgan fingerprint density at radius 3 is 2.52 bits per heavy atom. The van der Waals surface area contributed by atoms with E-state index in [1.165, 1.54) is 38.1 Å². The first-order chi connectivity index (χ1) is 16.0. The van der Waals surface area contributed by atoms with Gasteiger partial charge in [-0.1, -0.05) is 30.3 Å². The van der Waals surface area contributed by atoms with Crippen molar-refractivity contribution in [3.05, 3.63) is 83.7 Å². The molecule has 8 heteroatoms. The van der Waals surface area contributed by atoms with Gasteiger partial charge >= 0.3 is 0 Å². The minimum atomic E-state index is -1.25. The molecule has 0 radical (unpaired) electrons. The van der Waals surface area contributed by atoms with E-state index in [0.29, 0.717) is 28.4 Å². The van der Waals surface area contributed by atoms with Crippen molar-refractivity contribution in [2.75, 3.05) is 29.8 Å². The number of ether oxygens (including phenoxy) is 2. The molecule has 33 heavy (non-hydrogen) atoms. The van der Waals surface area contributed by atoms with Gasteiger partial charge < -0.3 is 14.4 Å². The normalized spacial score (nSPS) is 19.4. The molecule has 1 fully saturated rings. The van der Waals surface area contributed by atoms with Gasteiger partial charge in [0.25, 0.3) is 5.91 Å². The Hall–Kier alpha value is -3.52. The van der Waals surface area contributed by atoms with E-state index in [1.54, 1.807) is 40.1 Å². The lowest BCUT2D eigenvalue weighted by atomic mass is 10.0. The number of rotatable bonds is 5. The smallest absolute Gasteiger partial charge is 0.269 e. The van der Waals surface area contributed by atoms with Crippen LogP contribution in [0.4, 0.5) is 15.8 Å². The first-order valence-corrected chi connectivity index (χ1v) is 11.3. The van der Waals surface area contributed by atoms with Crippen LogP contribution in [0.2, 0.25) is 0 Å². The maximum absolute atomic E-state index is 14.0. The van der Waals surface area contributed by atoms with Crippen molar-refractivity contribution in [2.24, 2.45) is 0 Å². The zero-order valence-electron chi connectivity index (χ0n) is 18.1. The van der Waals surface area contributed by atoms with Crippen molar-refractivity contribution in [2.45, 2.75) is 11.4 Å². The van der Waals surface area contributed by atoms with Gasteiger partial charge in [-0.2, -0.15) is 0 Å². The Kier molecular flexibility index (Phi) is 5.25. The number of thioether (sulfide) groups is 1. The third-order valence-electron chi connectivity index (χ3n) is 5.92. The topological polar surface area (TPSA) is 59.1 Å². The largest absolute Gasteiger partial charge is 0.493 e. The molecule has 5 rings (SSSR count). The zero-order valence-corrected chi connectivity index (χ0v) is 18.9. The van der Waals surface area contributed by atoms with Crippen molar-refractivity contribution in [3.8, 4) is 11.5 Å². The van der Waals surface area contributed by atoms with E-state index in [9.17, 15) is 14.0 Å². The van der Waals surface area contributed by atoms with Crippen LogP contribution in [0, 0.1) is 5.82 Å². The maximum atomic E-state index is 14.0. The summed E-state index contributed by atoms with van der Waals surface area (Å²) in [7, 11) is 3.06. The SMILES string of the molecule is COc1ccc(N2C(=O)CS[C@]23C(=O)N(Cc2cccc(F)c2)c2ccccc23)cc1OC. The van der Waals surface area contributed by atoms with Crippen LogP contribution in [0.3, 0.4) is 0 Å². The number of methoxy groups -OCH3 is 2. The van der Waals surface area contributed by atoms with E-state index in [0.717, 1.165) is 5.56 Å². The molecule has 1 atom stereocenters. The summed E-state index contributed by atoms with van der Waals surface area (Å²) in [6.45, 7) is 0.198. The van der Waals surface area contributed by atoms with Crippen molar-refractivity contribution in [1.29, 1.82) is 0 Å². The van der Waals surface area contributed by atoms with Gasteiger partial charge in [0, 0.05) is 17.3 Å². The number of carbonyl (C=O) groups is 2. The van der Waals surface area contributed by atoms with Gasteiger partial charge in [0.15, 0.2) is 11.5 Å². The van der Waals surface area contributed by atoms with Crippen LogP contribution in [-0.4, -0.2) is 31.8 Å². The number of carbonyl (C=O) groups excluding carboxylic acids is 2. The minimum Gasteiger partial charge on any atom is -0.493 e. The number of hydrogen-bond acceptors (Lipinski definition) is 5. The van der Waals surface area contributed by atoms with Gasteiger partial charge in [-0.3, -0.25) is 14.5 Å². The van der Waals surface area contributed by atoms with Crippen molar-refractivity contribution in [1.82, 2.24) is 0 Å². The molecule has 3 aromatic carbocycles. The predicted molar refractivity (Wildman–Crippen MR) is 125 cm³/mol. The summed E-state index contributed by atoms with van der Waals surface area (Å²) in [5.74, 6) is 0.370. The van der Waals surface area contributed by atoms with Crippen molar-refractivity contribution in [3.63, 3.8) is 0 Å². The summed E-state index contributed by atoms with van der Waals surface area (Å²) >= 11 is 1.29. The highest BCUT2D eigenvalue weighted by Crippen LogP contribution is 2.56. The number of halogens is 1. The molecule has 0 bridgehead atoms. The second-order valence-corrected chi connectivity index (χ2v) is 8.91. The first kappa shape index (κ1) is 21.3. The van der Waals surface area contributed by atoms with Crippen LogP contribution in [0.1, 0.15) is 11.1 Å². The molecule has 0 saturated carbocycles. The average Bonchev–Trinajstić information content (AvgIpc) is 3.29. The highest BCUT2D eigenvalue weighted by atomic mass is 32.2. The lowest BCUT2D eigenvalue weighted by molar-refractivity contribution is -0.123. The number of para-hydroxylation sites is 1. The Labute approximate surface area is 194 Å². The highest BCUT2D eigenvalue weighted by molar-refractivity contribution is 8.02. The molecular weight excluding hydrogens is 443 g/mol. The van der Waals surface area contributed by atoms with Gasteiger partial charge in [0.2, 0.25) is 10.8 Å². The molecule has 2 aliphatic heterocycles. The Morgan fingerprint density at radius 1 is 0.970 bits per heavy atom. The summed E-state index contributed by atoms with van der Waals surface area (Å²) in [5, 5.41) is 0.